The third-order valence-electron chi connectivity index (χ3n) is 4.22. The van der Waals surface area contributed by atoms with Crippen molar-refractivity contribution in [3.63, 3.8) is 0 Å². The fourth-order valence-corrected chi connectivity index (χ4v) is 2.81. The van der Waals surface area contributed by atoms with Gasteiger partial charge in [0.1, 0.15) is 6.04 Å². The van der Waals surface area contributed by atoms with E-state index in [1.807, 2.05) is 66.7 Å². The van der Waals surface area contributed by atoms with E-state index in [9.17, 15) is 9.59 Å². The molecule has 3 aromatic rings. The topological polar surface area (TPSA) is 72.2 Å². The Hall–Kier alpha value is -3.14. The largest absolute Gasteiger partial charge is 0.368 e. The quantitative estimate of drug-likeness (QED) is 0.728. The van der Waals surface area contributed by atoms with Gasteiger partial charge >= 0.3 is 0 Å². The summed E-state index contributed by atoms with van der Waals surface area (Å²) in [5, 5.41) is 4.80. The molecule has 3 N–H and O–H groups in total. The number of nitrogens with one attached hydrogen (secondary N) is 1. The Morgan fingerprint density at radius 3 is 2.28 bits per heavy atom. The smallest absolute Gasteiger partial charge is 0.251 e. The van der Waals surface area contributed by atoms with Crippen LogP contribution in [0, 0.1) is 0 Å². The van der Waals surface area contributed by atoms with Crippen molar-refractivity contribution in [2.45, 2.75) is 18.9 Å². The van der Waals surface area contributed by atoms with Crippen molar-refractivity contribution in [2.24, 2.45) is 5.73 Å². The first-order valence-electron chi connectivity index (χ1n) is 8.26. The number of hydrogen-bond donors (Lipinski definition) is 2. The van der Waals surface area contributed by atoms with Crippen molar-refractivity contribution in [3.05, 3.63) is 83.9 Å². The van der Waals surface area contributed by atoms with E-state index in [1.165, 1.54) is 0 Å². The number of carbonyl (C=O) groups is 2. The molecule has 0 aliphatic heterocycles. The first kappa shape index (κ1) is 16.7. The van der Waals surface area contributed by atoms with E-state index in [1.54, 1.807) is 6.07 Å². The molecule has 3 rings (SSSR count). The van der Waals surface area contributed by atoms with E-state index in [0.29, 0.717) is 18.4 Å². The summed E-state index contributed by atoms with van der Waals surface area (Å²) in [6.45, 7) is 0. The van der Waals surface area contributed by atoms with Crippen molar-refractivity contribution in [3.8, 4) is 0 Å². The second-order valence-electron chi connectivity index (χ2n) is 6.01. The molecule has 0 spiro atoms. The number of hydrogen-bond acceptors (Lipinski definition) is 2. The maximum absolute atomic E-state index is 12.5. The van der Waals surface area contributed by atoms with Crippen molar-refractivity contribution in [1.82, 2.24) is 5.32 Å². The Balaban J connectivity index is 1.70. The standard InChI is InChI=1S/C21H20N2O2/c22-20(24)19(13-10-15-6-2-1-3-7-15)23-21(25)18-12-11-16-8-4-5-9-17(16)14-18/h1-9,11-12,14,19H,10,13H2,(H2,22,24)(H,23,25)/t19-/m0/s1. The Morgan fingerprint density at radius 1 is 0.880 bits per heavy atom. The van der Waals surface area contributed by atoms with Crippen LogP contribution in [0.2, 0.25) is 0 Å². The average Bonchev–Trinajstić information content (AvgIpc) is 2.65. The van der Waals surface area contributed by atoms with Crippen molar-refractivity contribution >= 4 is 22.6 Å². The highest BCUT2D eigenvalue weighted by Crippen LogP contribution is 2.16. The SMILES string of the molecule is NC(=O)[C@H](CCc1ccccc1)NC(=O)c1ccc2ccccc2c1. The lowest BCUT2D eigenvalue weighted by Gasteiger charge is -2.16. The van der Waals surface area contributed by atoms with Gasteiger partial charge in [0, 0.05) is 5.56 Å². The Morgan fingerprint density at radius 2 is 1.56 bits per heavy atom. The lowest BCUT2D eigenvalue weighted by Crippen LogP contribution is -2.44. The molecular formula is C21H20N2O2. The first-order chi connectivity index (χ1) is 12.1. The van der Waals surface area contributed by atoms with Gasteiger partial charge < -0.3 is 11.1 Å². The van der Waals surface area contributed by atoms with Gasteiger partial charge in [-0.1, -0.05) is 60.7 Å². The summed E-state index contributed by atoms with van der Waals surface area (Å²) in [5.74, 6) is -0.812. The summed E-state index contributed by atoms with van der Waals surface area (Å²) in [5.41, 5.74) is 7.09. The van der Waals surface area contributed by atoms with E-state index in [2.05, 4.69) is 5.32 Å². The van der Waals surface area contributed by atoms with Crippen LogP contribution in [-0.2, 0) is 11.2 Å². The molecule has 0 bridgehead atoms. The maximum Gasteiger partial charge on any atom is 0.251 e. The fourth-order valence-electron chi connectivity index (χ4n) is 2.81. The first-order valence-corrected chi connectivity index (χ1v) is 8.26. The molecule has 2 amide bonds. The molecule has 0 aliphatic carbocycles. The Labute approximate surface area is 146 Å². The molecule has 4 heteroatoms. The predicted molar refractivity (Wildman–Crippen MR) is 99.2 cm³/mol. The second-order valence-corrected chi connectivity index (χ2v) is 6.01. The van der Waals surface area contributed by atoms with Gasteiger partial charge in [0.2, 0.25) is 5.91 Å². The summed E-state index contributed by atoms with van der Waals surface area (Å²) in [6, 6.07) is 22.4. The molecule has 0 saturated heterocycles. The van der Waals surface area contributed by atoms with Gasteiger partial charge in [0.05, 0.1) is 0 Å². The molecule has 3 aromatic carbocycles. The van der Waals surface area contributed by atoms with Gasteiger partial charge in [0.15, 0.2) is 0 Å². The highest BCUT2D eigenvalue weighted by atomic mass is 16.2. The number of nitrogens with two attached hydrogens (primary N) is 1. The number of benzene rings is 3. The van der Waals surface area contributed by atoms with E-state index >= 15 is 0 Å². The molecule has 4 nitrogen and oxygen atoms in total. The number of aryl methyl sites for hydroxylation is 1. The zero-order chi connectivity index (χ0) is 17.6. The Kier molecular flexibility index (Phi) is 5.09. The normalized spacial score (nSPS) is 11.8. The van der Waals surface area contributed by atoms with Crippen molar-refractivity contribution < 1.29 is 9.59 Å². The van der Waals surface area contributed by atoms with Gasteiger partial charge in [-0.3, -0.25) is 9.59 Å². The van der Waals surface area contributed by atoms with Crippen LogP contribution >= 0.6 is 0 Å². The molecule has 0 radical (unpaired) electrons. The summed E-state index contributed by atoms with van der Waals surface area (Å²) in [7, 11) is 0. The van der Waals surface area contributed by atoms with Gasteiger partial charge in [0.25, 0.3) is 5.91 Å². The van der Waals surface area contributed by atoms with E-state index in [0.717, 1.165) is 16.3 Å². The van der Waals surface area contributed by atoms with Gasteiger partial charge in [-0.15, -0.1) is 0 Å². The highest BCUT2D eigenvalue weighted by Gasteiger charge is 2.19. The maximum atomic E-state index is 12.5. The molecule has 0 aliphatic rings. The van der Waals surface area contributed by atoms with Crippen molar-refractivity contribution in [1.29, 1.82) is 0 Å². The van der Waals surface area contributed by atoms with Gasteiger partial charge in [-0.25, -0.2) is 0 Å². The van der Waals surface area contributed by atoms with Crippen molar-refractivity contribution in [2.75, 3.05) is 0 Å². The molecule has 0 aromatic heterocycles. The van der Waals surface area contributed by atoms with Crippen LogP contribution < -0.4 is 11.1 Å². The number of amides is 2. The van der Waals surface area contributed by atoms with Crippen LogP contribution in [0.15, 0.2) is 72.8 Å². The number of rotatable bonds is 6. The summed E-state index contributed by atoms with van der Waals surface area (Å²) < 4.78 is 0. The zero-order valence-corrected chi connectivity index (χ0v) is 13.8. The minimum atomic E-state index is -0.695. The van der Waals surface area contributed by atoms with Crippen LogP contribution in [-0.4, -0.2) is 17.9 Å². The molecule has 0 saturated carbocycles. The number of carbonyl (C=O) groups excluding carboxylic acids is 2. The van der Waals surface area contributed by atoms with E-state index < -0.39 is 11.9 Å². The minimum Gasteiger partial charge on any atom is -0.368 e. The average molecular weight is 332 g/mol. The van der Waals surface area contributed by atoms with Crippen LogP contribution in [0.5, 0.6) is 0 Å². The van der Waals surface area contributed by atoms with Gasteiger partial charge in [-0.2, -0.15) is 0 Å². The summed E-state index contributed by atoms with van der Waals surface area (Å²) in [6.07, 6.45) is 1.14. The van der Waals surface area contributed by atoms with E-state index in [4.69, 9.17) is 5.73 Å². The molecule has 1 atom stereocenters. The minimum absolute atomic E-state index is 0.289. The molecular weight excluding hydrogens is 312 g/mol. The van der Waals surface area contributed by atoms with E-state index in [-0.39, 0.29) is 5.91 Å². The second kappa shape index (κ2) is 7.62. The summed E-state index contributed by atoms with van der Waals surface area (Å²) in [4.78, 5) is 24.2. The number of primary amides is 1. The lowest BCUT2D eigenvalue weighted by atomic mass is 10.0. The van der Waals surface area contributed by atoms with Crippen LogP contribution in [0.25, 0.3) is 10.8 Å². The molecule has 0 unspecified atom stereocenters. The summed E-state index contributed by atoms with van der Waals surface area (Å²) >= 11 is 0. The van der Waals surface area contributed by atoms with Crippen LogP contribution in [0.4, 0.5) is 0 Å². The Bertz CT molecular complexity index is 891. The zero-order valence-electron chi connectivity index (χ0n) is 13.8. The number of fused-ring (bicyclic) bond motifs is 1. The monoisotopic (exact) mass is 332 g/mol. The van der Waals surface area contributed by atoms with Crippen LogP contribution in [0.1, 0.15) is 22.3 Å². The third kappa shape index (κ3) is 4.23. The molecule has 25 heavy (non-hydrogen) atoms. The van der Waals surface area contributed by atoms with Gasteiger partial charge in [-0.05, 0) is 41.3 Å². The predicted octanol–water partition coefficient (Wildman–Crippen LogP) is 3.06. The molecule has 0 fully saturated rings. The highest BCUT2D eigenvalue weighted by molar-refractivity contribution is 6.00. The van der Waals surface area contributed by atoms with Crippen LogP contribution in [0.3, 0.4) is 0 Å². The third-order valence-corrected chi connectivity index (χ3v) is 4.22. The lowest BCUT2D eigenvalue weighted by molar-refractivity contribution is -0.120. The fraction of sp³-hybridized carbons (Fsp3) is 0.143. The molecule has 126 valence electrons. The molecule has 0 heterocycles.